The Balaban J connectivity index is 1.91. The molecule has 0 radical (unpaired) electrons. The Morgan fingerprint density at radius 3 is 3.11 bits per heavy atom. The number of rotatable bonds is 4. The zero-order valence-corrected chi connectivity index (χ0v) is 10.9. The SMILES string of the molecule is CCNC(=O)NCCc1cccc2c1NCCC2. The molecule has 1 aliphatic heterocycles. The second kappa shape index (κ2) is 6.28. The van der Waals surface area contributed by atoms with Gasteiger partial charge in [0.1, 0.15) is 0 Å². The normalized spacial score (nSPS) is 13.4. The summed E-state index contributed by atoms with van der Waals surface area (Å²) in [6.07, 6.45) is 3.22. The molecule has 0 aliphatic carbocycles. The van der Waals surface area contributed by atoms with Crippen molar-refractivity contribution in [2.45, 2.75) is 26.2 Å². The molecule has 0 bridgehead atoms. The van der Waals surface area contributed by atoms with Gasteiger partial charge in [0.15, 0.2) is 0 Å². The summed E-state index contributed by atoms with van der Waals surface area (Å²) in [7, 11) is 0. The molecule has 0 spiro atoms. The van der Waals surface area contributed by atoms with Crippen LogP contribution in [0.25, 0.3) is 0 Å². The van der Waals surface area contributed by atoms with Crippen LogP contribution in [0.1, 0.15) is 24.5 Å². The van der Waals surface area contributed by atoms with Crippen LogP contribution in [-0.4, -0.2) is 25.7 Å². The van der Waals surface area contributed by atoms with Gasteiger partial charge in [-0.15, -0.1) is 0 Å². The zero-order valence-electron chi connectivity index (χ0n) is 10.9. The molecule has 18 heavy (non-hydrogen) atoms. The minimum absolute atomic E-state index is 0.0877. The summed E-state index contributed by atoms with van der Waals surface area (Å²) in [4.78, 5) is 11.3. The first kappa shape index (κ1) is 12.7. The summed E-state index contributed by atoms with van der Waals surface area (Å²) in [5.74, 6) is 0. The van der Waals surface area contributed by atoms with E-state index in [0.717, 1.165) is 19.4 Å². The summed E-state index contributed by atoms with van der Waals surface area (Å²) in [5, 5.41) is 9.06. The van der Waals surface area contributed by atoms with Crippen LogP contribution in [0.3, 0.4) is 0 Å². The van der Waals surface area contributed by atoms with Crippen molar-refractivity contribution in [3.05, 3.63) is 29.3 Å². The summed E-state index contributed by atoms with van der Waals surface area (Å²) < 4.78 is 0. The number of hydrogen-bond donors (Lipinski definition) is 3. The Bertz CT molecular complexity index is 418. The van der Waals surface area contributed by atoms with Crippen LogP contribution < -0.4 is 16.0 Å². The van der Waals surface area contributed by atoms with Gasteiger partial charge in [-0.2, -0.15) is 0 Å². The quantitative estimate of drug-likeness (QED) is 0.761. The van der Waals surface area contributed by atoms with Crippen molar-refractivity contribution < 1.29 is 4.79 Å². The van der Waals surface area contributed by atoms with Crippen molar-refractivity contribution in [3.8, 4) is 0 Å². The highest BCUT2D eigenvalue weighted by Crippen LogP contribution is 2.26. The third-order valence-electron chi connectivity index (χ3n) is 3.18. The molecule has 4 heteroatoms. The number of benzene rings is 1. The van der Waals surface area contributed by atoms with Gasteiger partial charge >= 0.3 is 6.03 Å². The van der Waals surface area contributed by atoms with E-state index in [-0.39, 0.29) is 6.03 Å². The molecule has 1 aliphatic rings. The molecule has 0 saturated carbocycles. The molecule has 2 rings (SSSR count). The molecule has 0 aromatic heterocycles. The molecule has 4 nitrogen and oxygen atoms in total. The average molecular weight is 247 g/mol. The number of anilines is 1. The van der Waals surface area contributed by atoms with Crippen LogP contribution in [0, 0.1) is 0 Å². The maximum absolute atomic E-state index is 11.3. The van der Waals surface area contributed by atoms with Crippen molar-refractivity contribution in [1.82, 2.24) is 10.6 Å². The molecule has 0 fully saturated rings. The van der Waals surface area contributed by atoms with E-state index < -0.39 is 0 Å². The van der Waals surface area contributed by atoms with Gasteiger partial charge in [0, 0.05) is 25.3 Å². The minimum Gasteiger partial charge on any atom is -0.385 e. The second-order valence-electron chi connectivity index (χ2n) is 4.52. The Hall–Kier alpha value is -1.71. The molecule has 98 valence electrons. The predicted molar refractivity (Wildman–Crippen MR) is 74.0 cm³/mol. The fourth-order valence-electron chi connectivity index (χ4n) is 2.32. The fourth-order valence-corrected chi connectivity index (χ4v) is 2.32. The highest BCUT2D eigenvalue weighted by molar-refractivity contribution is 5.73. The summed E-state index contributed by atoms with van der Waals surface area (Å²) in [6, 6.07) is 6.33. The highest BCUT2D eigenvalue weighted by atomic mass is 16.2. The number of fused-ring (bicyclic) bond motifs is 1. The topological polar surface area (TPSA) is 53.2 Å². The molecule has 1 aromatic rings. The van der Waals surface area contributed by atoms with E-state index in [2.05, 4.69) is 34.1 Å². The molecule has 1 heterocycles. The van der Waals surface area contributed by atoms with Gasteiger partial charge in [0.2, 0.25) is 0 Å². The van der Waals surface area contributed by atoms with E-state index in [1.807, 2.05) is 6.92 Å². The molecular formula is C14H21N3O. The smallest absolute Gasteiger partial charge is 0.314 e. The monoisotopic (exact) mass is 247 g/mol. The molecule has 0 unspecified atom stereocenters. The third-order valence-corrected chi connectivity index (χ3v) is 3.18. The molecular weight excluding hydrogens is 226 g/mol. The van der Waals surface area contributed by atoms with E-state index in [9.17, 15) is 4.79 Å². The first-order chi connectivity index (χ1) is 8.81. The highest BCUT2D eigenvalue weighted by Gasteiger charge is 2.11. The number of carbonyl (C=O) groups excluding carboxylic acids is 1. The van der Waals surface area contributed by atoms with Crippen LogP contribution >= 0.6 is 0 Å². The molecule has 3 N–H and O–H groups in total. The van der Waals surface area contributed by atoms with Crippen LogP contribution in [0.5, 0.6) is 0 Å². The number of carbonyl (C=O) groups is 1. The van der Waals surface area contributed by atoms with Crippen LogP contribution in [0.15, 0.2) is 18.2 Å². The summed E-state index contributed by atoms with van der Waals surface area (Å²) in [5.41, 5.74) is 3.97. The van der Waals surface area contributed by atoms with Gasteiger partial charge in [0.25, 0.3) is 0 Å². The number of amides is 2. The van der Waals surface area contributed by atoms with Crippen LogP contribution in [0.4, 0.5) is 10.5 Å². The zero-order chi connectivity index (χ0) is 12.8. The van der Waals surface area contributed by atoms with Crippen LogP contribution in [-0.2, 0) is 12.8 Å². The van der Waals surface area contributed by atoms with E-state index in [1.54, 1.807) is 0 Å². The molecule has 0 atom stereocenters. The van der Waals surface area contributed by atoms with E-state index >= 15 is 0 Å². The van der Waals surface area contributed by atoms with Crippen molar-refractivity contribution in [3.63, 3.8) is 0 Å². The Kier molecular flexibility index (Phi) is 4.45. The minimum atomic E-state index is -0.0877. The summed E-state index contributed by atoms with van der Waals surface area (Å²) >= 11 is 0. The lowest BCUT2D eigenvalue weighted by Gasteiger charge is -2.21. The van der Waals surface area contributed by atoms with Crippen molar-refractivity contribution in [2.75, 3.05) is 25.0 Å². The van der Waals surface area contributed by atoms with Crippen molar-refractivity contribution in [1.29, 1.82) is 0 Å². The molecule has 1 aromatic carbocycles. The Morgan fingerprint density at radius 1 is 1.39 bits per heavy atom. The van der Waals surface area contributed by atoms with Gasteiger partial charge in [0.05, 0.1) is 0 Å². The van der Waals surface area contributed by atoms with Gasteiger partial charge in [-0.25, -0.2) is 4.79 Å². The first-order valence-corrected chi connectivity index (χ1v) is 6.67. The van der Waals surface area contributed by atoms with E-state index in [4.69, 9.17) is 0 Å². The van der Waals surface area contributed by atoms with E-state index in [0.29, 0.717) is 13.1 Å². The number of aryl methyl sites for hydroxylation is 1. The predicted octanol–water partition coefficient (Wildman–Crippen LogP) is 1.91. The van der Waals surface area contributed by atoms with E-state index in [1.165, 1.54) is 23.2 Å². The number of hydrogen-bond acceptors (Lipinski definition) is 2. The lowest BCUT2D eigenvalue weighted by Crippen LogP contribution is -2.36. The standard InChI is InChI=1S/C14H21N3O/c1-2-15-14(18)17-10-8-12-6-3-5-11-7-4-9-16-13(11)12/h3,5-6,16H,2,4,7-10H2,1H3,(H2,15,17,18). The van der Waals surface area contributed by atoms with Gasteiger partial charge in [-0.05, 0) is 37.3 Å². The number of para-hydroxylation sites is 1. The number of nitrogens with one attached hydrogen (secondary N) is 3. The molecule has 0 saturated heterocycles. The van der Waals surface area contributed by atoms with Gasteiger partial charge < -0.3 is 16.0 Å². The maximum atomic E-state index is 11.3. The first-order valence-electron chi connectivity index (χ1n) is 6.67. The Labute approximate surface area is 108 Å². The largest absolute Gasteiger partial charge is 0.385 e. The van der Waals surface area contributed by atoms with Gasteiger partial charge in [-0.3, -0.25) is 0 Å². The summed E-state index contributed by atoms with van der Waals surface area (Å²) in [6.45, 7) is 4.29. The fraction of sp³-hybridized carbons (Fsp3) is 0.500. The Morgan fingerprint density at radius 2 is 2.28 bits per heavy atom. The maximum Gasteiger partial charge on any atom is 0.314 e. The average Bonchev–Trinajstić information content (AvgIpc) is 2.39. The van der Waals surface area contributed by atoms with Crippen LogP contribution in [0.2, 0.25) is 0 Å². The lowest BCUT2D eigenvalue weighted by atomic mass is 9.98. The third kappa shape index (κ3) is 3.15. The lowest BCUT2D eigenvalue weighted by molar-refractivity contribution is 0.241. The second-order valence-corrected chi connectivity index (χ2v) is 4.52. The van der Waals surface area contributed by atoms with Crippen molar-refractivity contribution >= 4 is 11.7 Å². The van der Waals surface area contributed by atoms with Gasteiger partial charge in [-0.1, -0.05) is 18.2 Å². The van der Waals surface area contributed by atoms with Crippen molar-refractivity contribution in [2.24, 2.45) is 0 Å². The molecule has 2 amide bonds. The number of urea groups is 1.